The van der Waals surface area contributed by atoms with Crippen molar-refractivity contribution in [1.82, 2.24) is 25.1 Å². The minimum Gasteiger partial charge on any atom is -0.307 e. The SMILES string of the molecule is CC(Cn1cnc2ccccc2c1=O)NCc1n[nH]c2c1CCCCC2. The molecule has 6 heteroatoms. The fourth-order valence-corrected chi connectivity index (χ4v) is 3.74. The van der Waals surface area contributed by atoms with Crippen LogP contribution in [0, 0.1) is 0 Å². The average molecular weight is 351 g/mol. The van der Waals surface area contributed by atoms with E-state index in [9.17, 15) is 4.79 Å². The Morgan fingerprint density at radius 1 is 1.23 bits per heavy atom. The summed E-state index contributed by atoms with van der Waals surface area (Å²) in [6, 6.07) is 7.62. The van der Waals surface area contributed by atoms with Crippen LogP contribution in [0.15, 0.2) is 35.4 Å². The summed E-state index contributed by atoms with van der Waals surface area (Å²) in [6.07, 6.45) is 7.65. The molecule has 2 N–H and O–H groups in total. The molecule has 0 amide bonds. The van der Waals surface area contributed by atoms with Crippen molar-refractivity contribution in [2.75, 3.05) is 0 Å². The Kier molecular flexibility index (Phi) is 4.84. The number of benzene rings is 1. The molecular formula is C20H25N5O. The molecule has 0 bridgehead atoms. The maximum absolute atomic E-state index is 12.6. The molecule has 136 valence electrons. The normalized spacial score (nSPS) is 15.6. The first kappa shape index (κ1) is 17.0. The summed E-state index contributed by atoms with van der Waals surface area (Å²) in [6.45, 7) is 3.40. The molecule has 0 spiro atoms. The third-order valence-electron chi connectivity index (χ3n) is 5.21. The van der Waals surface area contributed by atoms with Crippen LogP contribution in [-0.4, -0.2) is 25.8 Å². The summed E-state index contributed by atoms with van der Waals surface area (Å²) in [4.78, 5) is 17.0. The third kappa shape index (κ3) is 3.42. The van der Waals surface area contributed by atoms with Gasteiger partial charge < -0.3 is 5.32 Å². The second-order valence-corrected chi connectivity index (χ2v) is 7.19. The van der Waals surface area contributed by atoms with Gasteiger partial charge in [-0.25, -0.2) is 4.98 Å². The van der Waals surface area contributed by atoms with Gasteiger partial charge in [0, 0.05) is 24.8 Å². The Morgan fingerprint density at radius 2 is 2.08 bits per heavy atom. The number of aromatic amines is 1. The highest BCUT2D eigenvalue weighted by atomic mass is 16.1. The molecule has 6 nitrogen and oxygen atoms in total. The predicted octanol–water partition coefficient (Wildman–Crippen LogP) is 2.57. The predicted molar refractivity (Wildman–Crippen MR) is 102 cm³/mol. The van der Waals surface area contributed by atoms with Crippen molar-refractivity contribution >= 4 is 10.9 Å². The monoisotopic (exact) mass is 351 g/mol. The van der Waals surface area contributed by atoms with Gasteiger partial charge in [0.05, 0.1) is 22.9 Å². The van der Waals surface area contributed by atoms with Crippen LogP contribution in [0.4, 0.5) is 0 Å². The van der Waals surface area contributed by atoms with Crippen molar-refractivity contribution in [3.8, 4) is 0 Å². The standard InChI is InChI=1S/C20H25N5O/c1-14(12-25-13-22-17-9-6-5-8-16(17)20(25)26)21-11-19-15-7-3-2-4-10-18(15)23-24-19/h5-6,8-9,13-14,21H,2-4,7,10-12H2,1H3,(H,23,24). The van der Waals surface area contributed by atoms with Crippen molar-refractivity contribution in [3.63, 3.8) is 0 Å². The van der Waals surface area contributed by atoms with Crippen molar-refractivity contribution in [2.45, 2.75) is 58.2 Å². The molecule has 3 aromatic rings. The Bertz CT molecular complexity index is 958. The summed E-state index contributed by atoms with van der Waals surface area (Å²) in [5.74, 6) is 0. The molecule has 1 aliphatic carbocycles. The Balaban J connectivity index is 1.43. The maximum atomic E-state index is 12.6. The summed E-state index contributed by atoms with van der Waals surface area (Å²) >= 11 is 0. The zero-order valence-electron chi connectivity index (χ0n) is 15.2. The first-order valence-electron chi connectivity index (χ1n) is 9.45. The van der Waals surface area contributed by atoms with Crippen LogP contribution in [0.5, 0.6) is 0 Å². The number of nitrogens with one attached hydrogen (secondary N) is 2. The van der Waals surface area contributed by atoms with Crippen molar-refractivity contribution in [1.29, 1.82) is 0 Å². The number of aryl methyl sites for hydroxylation is 1. The van der Waals surface area contributed by atoms with E-state index in [4.69, 9.17) is 0 Å². The van der Waals surface area contributed by atoms with Gasteiger partial charge in [0.1, 0.15) is 0 Å². The molecule has 2 aromatic heterocycles. The highest BCUT2D eigenvalue weighted by molar-refractivity contribution is 5.76. The van der Waals surface area contributed by atoms with Crippen molar-refractivity contribution in [2.24, 2.45) is 0 Å². The Hall–Kier alpha value is -2.47. The molecule has 1 aliphatic rings. The largest absolute Gasteiger partial charge is 0.307 e. The zero-order chi connectivity index (χ0) is 17.9. The highest BCUT2D eigenvalue weighted by Crippen LogP contribution is 2.21. The minimum atomic E-state index is 0.0119. The van der Waals surface area contributed by atoms with Crippen LogP contribution in [0.2, 0.25) is 0 Å². The number of rotatable bonds is 5. The highest BCUT2D eigenvalue weighted by Gasteiger charge is 2.16. The fourth-order valence-electron chi connectivity index (χ4n) is 3.74. The van der Waals surface area contributed by atoms with Gasteiger partial charge in [-0.2, -0.15) is 5.10 Å². The maximum Gasteiger partial charge on any atom is 0.261 e. The molecule has 0 fully saturated rings. The second-order valence-electron chi connectivity index (χ2n) is 7.19. The number of hydrogen-bond acceptors (Lipinski definition) is 4. The lowest BCUT2D eigenvalue weighted by Crippen LogP contribution is -2.34. The molecule has 0 radical (unpaired) electrons. The average Bonchev–Trinajstić information content (AvgIpc) is 2.89. The lowest BCUT2D eigenvalue weighted by atomic mass is 10.1. The molecular weight excluding hydrogens is 326 g/mol. The van der Waals surface area contributed by atoms with Crippen molar-refractivity contribution < 1.29 is 0 Å². The van der Waals surface area contributed by atoms with Gasteiger partial charge in [0.2, 0.25) is 0 Å². The quantitative estimate of drug-likeness (QED) is 0.693. The number of para-hydroxylation sites is 1. The molecule has 0 saturated carbocycles. The number of H-pyrrole nitrogens is 1. The fraction of sp³-hybridized carbons (Fsp3) is 0.450. The third-order valence-corrected chi connectivity index (χ3v) is 5.21. The van der Waals surface area contributed by atoms with Crippen LogP contribution in [-0.2, 0) is 25.9 Å². The topological polar surface area (TPSA) is 75.6 Å². The zero-order valence-corrected chi connectivity index (χ0v) is 15.2. The van der Waals surface area contributed by atoms with E-state index in [1.54, 1.807) is 10.9 Å². The Labute approximate surface area is 152 Å². The van der Waals surface area contributed by atoms with E-state index >= 15 is 0 Å². The van der Waals surface area contributed by atoms with Gasteiger partial charge in [-0.1, -0.05) is 18.6 Å². The summed E-state index contributed by atoms with van der Waals surface area (Å²) in [5.41, 5.74) is 4.58. The van der Waals surface area contributed by atoms with E-state index in [-0.39, 0.29) is 11.6 Å². The first-order chi connectivity index (χ1) is 12.7. The summed E-state index contributed by atoms with van der Waals surface area (Å²) < 4.78 is 1.69. The van der Waals surface area contributed by atoms with Crippen LogP contribution >= 0.6 is 0 Å². The van der Waals surface area contributed by atoms with Gasteiger partial charge in [-0.3, -0.25) is 14.5 Å². The molecule has 26 heavy (non-hydrogen) atoms. The van der Waals surface area contributed by atoms with E-state index in [1.807, 2.05) is 24.3 Å². The minimum absolute atomic E-state index is 0.0119. The number of hydrogen-bond donors (Lipinski definition) is 2. The smallest absolute Gasteiger partial charge is 0.261 e. The lowest BCUT2D eigenvalue weighted by molar-refractivity contribution is 0.463. The molecule has 0 saturated heterocycles. The number of nitrogens with zero attached hydrogens (tertiary/aromatic N) is 3. The number of fused-ring (bicyclic) bond motifs is 2. The van der Waals surface area contributed by atoms with Gasteiger partial charge in [0.25, 0.3) is 5.56 Å². The van der Waals surface area contributed by atoms with Crippen LogP contribution in [0.3, 0.4) is 0 Å². The molecule has 1 aromatic carbocycles. The van der Waals surface area contributed by atoms with E-state index in [0.717, 1.165) is 30.6 Å². The molecule has 0 aliphatic heterocycles. The van der Waals surface area contributed by atoms with Crippen LogP contribution in [0.1, 0.15) is 43.1 Å². The van der Waals surface area contributed by atoms with Gasteiger partial charge >= 0.3 is 0 Å². The van der Waals surface area contributed by atoms with Gasteiger partial charge in [-0.05, 0) is 50.3 Å². The molecule has 2 heterocycles. The second kappa shape index (κ2) is 7.41. The van der Waals surface area contributed by atoms with E-state index in [2.05, 4.69) is 27.4 Å². The van der Waals surface area contributed by atoms with Crippen LogP contribution in [0.25, 0.3) is 10.9 Å². The molecule has 1 unspecified atom stereocenters. The first-order valence-corrected chi connectivity index (χ1v) is 9.45. The lowest BCUT2D eigenvalue weighted by Gasteiger charge is -2.15. The van der Waals surface area contributed by atoms with E-state index in [0.29, 0.717) is 11.9 Å². The number of aromatic nitrogens is 4. The molecule has 1 atom stereocenters. The Morgan fingerprint density at radius 3 is 3.00 bits per heavy atom. The summed E-state index contributed by atoms with van der Waals surface area (Å²) in [5, 5.41) is 11.9. The van der Waals surface area contributed by atoms with E-state index < -0.39 is 0 Å². The van der Waals surface area contributed by atoms with Gasteiger partial charge in [0.15, 0.2) is 0 Å². The van der Waals surface area contributed by atoms with Crippen LogP contribution < -0.4 is 10.9 Å². The summed E-state index contributed by atoms with van der Waals surface area (Å²) in [7, 11) is 0. The van der Waals surface area contributed by atoms with Gasteiger partial charge in [-0.15, -0.1) is 0 Å². The molecule has 4 rings (SSSR count). The van der Waals surface area contributed by atoms with Crippen molar-refractivity contribution in [3.05, 3.63) is 57.9 Å². The van der Waals surface area contributed by atoms with E-state index in [1.165, 1.54) is 30.5 Å².